The molecule has 1 aliphatic heterocycles. The summed E-state index contributed by atoms with van der Waals surface area (Å²) in [7, 11) is 0. The number of aliphatic carboxylic acids is 1. The molecule has 0 aromatic carbocycles. The molecule has 0 bridgehead atoms. The van der Waals surface area contributed by atoms with Crippen molar-refractivity contribution in [2.45, 2.75) is 19.8 Å². The van der Waals surface area contributed by atoms with Crippen LogP contribution < -0.4 is 0 Å². The Morgan fingerprint density at radius 3 is 2.78 bits per heavy atom. The molecule has 120 valence electrons. The fourth-order valence-corrected chi connectivity index (χ4v) is 3.59. The Labute approximate surface area is 137 Å². The molecule has 1 fully saturated rings. The second kappa shape index (κ2) is 6.41. The summed E-state index contributed by atoms with van der Waals surface area (Å²) in [6.45, 7) is 2.61. The van der Waals surface area contributed by atoms with Gasteiger partial charge in [0.1, 0.15) is 4.88 Å². The molecule has 2 aromatic rings. The molecule has 0 radical (unpaired) electrons. The lowest BCUT2D eigenvalue weighted by atomic mass is 9.98. The third-order valence-corrected chi connectivity index (χ3v) is 4.95. The summed E-state index contributed by atoms with van der Waals surface area (Å²) in [6.07, 6.45) is 4.57. The van der Waals surface area contributed by atoms with E-state index in [0.29, 0.717) is 40.8 Å². The summed E-state index contributed by atoms with van der Waals surface area (Å²) in [6, 6.07) is 1.72. The molecule has 3 rings (SSSR count). The number of thiazole rings is 1. The first-order chi connectivity index (χ1) is 11.1. The minimum atomic E-state index is -0.845. The molecule has 2 aromatic heterocycles. The number of carboxylic acid groups (broad SMARTS) is 1. The van der Waals surface area contributed by atoms with E-state index >= 15 is 0 Å². The summed E-state index contributed by atoms with van der Waals surface area (Å²) in [5.74, 6) is -1.01. The molecule has 23 heavy (non-hydrogen) atoms. The Morgan fingerprint density at radius 2 is 2.09 bits per heavy atom. The van der Waals surface area contributed by atoms with Gasteiger partial charge in [-0.25, -0.2) is 15.0 Å². The highest BCUT2D eigenvalue weighted by Crippen LogP contribution is 2.28. The van der Waals surface area contributed by atoms with Crippen molar-refractivity contribution in [3.05, 3.63) is 29.0 Å². The maximum atomic E-state index is 12.7. The molecule has 1 saturated heterocycles. The average molecular weight is 332 g/mol. The van der Waals surface area contributed by atoms with Gasteiger partial charge in [-0.15, -0.1) is 11.3 Å². The third kappa shape index (κ3) is 3.21. The Balaban J connectivity index is 1.83. The third-order valence-electron chi connectivity index (χ3n) is 3.81. The van der Waals surface area contributed by atoms with Crippen LogP contribution in [0, 0.1) is 12.8 Å². The summed E-state index contributed by atoms with van der Waals surface area (Å²) in [5, 5.41) is 9.75. The standard InChI is InChI=1S/C15H16N4O3S/c1-9-11(23-13(18-9)12-16-5-3-6-17-12)14(20)19-7-2-4-10(8-19)15(21)22/h3,5-6,10H,2,4,7-8H2,1H3,(H,21,22)/t10-/m0/s1. The zero-order valence-electron chi connectivity index (χ0n) is 12.6. The Hall–Kier alpha value is -2.35. The van der Waals surface area contributed by atoms with Crippen LogP contribution in [0.2, 0.25) is 0 Å². The van der Waals surface area contributed by atoms with E-state index in [1.807, 2.05) is 0 Å². The lowest BCUT2D eigenvalue weighted by Gasteiger charge is -2.30. The highest BCUT2D eigenvalue weighted by molar-refractivity contribution is 7.17. The van der Waals surface area contributed by atoms with E-state index in [0.717, 1.165) is 0 Å². The molecule has 1 N–H and O–H groups in total. The predicted molar refractivity (Wildman–Crippen MR) is 84.1 cm³/mol. The van der Waals surface area contributed by atoms with E-state index in [-0.39, 0.29) is 12.5 Å². The predicted octanol–water partition coefficient (Wildman–Crippen LogP) is 1.85. The topological polar surface area (TPSA) is 96.3 Å². The highest BCUT2D eigenvalue weighted by atomic mass is 32.1. The van der Waals surface area contributed by atoms with Crippen molar-refractivity contribution in [1.82, 2.24) is 19.9 Å². The van der Waals surface area contributed by atoms with E-state index in [1.54, 1.807) is 30.3 Å². The van der Waals surface area contributed by atoms with Gasteiger partial charge in [0.15, 0.2) is 10.8 Å². The normalized spacial score (nSPS) is 18.0. The molecular formula is C15H16N4O3S. The quantitative estimate of drug-likeness (QED) is 0.921. The van der Waals surface area contributed by atoms with Gasteiger partial charge in [0.2, 0.25) is 0 Å². The number of hydrogen-bond donors (Lipinski definition) is 1. The van der Waals surface area contributed by atoms with Crippen molar-refractivity contribution >= 4 is 23.2 Å². The number of nitrogens with zero attached hydrogens (tertiary/aromatic N) is 4. The van der Waals surface area contributed by atoms with Crippen LogP contribution in [0.1, 0.15) is 28.2 Å². The van der Waals surface area contributed by atoms with Gasteiger partial charge in [-0.2, -0.15) is 0 Å². The van der Waals surface area contributed by atoms with Crippen LogP contribution in [0.3, 0.4) is 0 Å². The van der Waals surface area contributed by atoms with Gasteiger partial charge in [-0.05, 0) is 25.8 Å². The number of aromatic nitrogens is 3. The zero-order chi connectivity index (χ0) is 16.4. The van der Waals surface area contributed by atoms with Crippen molar-refractivity contribution in [2.75, 3.05) is 13.1 Å². The van der Waals surface area contributed by atoms with Crippen molar-refractivity contribution < 1.29 is 14.7 Å². The zero-order valence-corrected chi connectivity index (χ0v) is 13.4. The maximum Gasteiger partial charge on any atom is 0.308 e. The van der Waals surface area contributed by atoms with Crippen LogP contribution in [0.5, 0.6) is 0 Å². The van der Waals surface area contributed by atoms with Gasteiger partial charge in [0, 0.05) is 25.5 Å². The monoisotopic (exact) mass is 332 g/mol. The van der Waals surface area contributed by atoms with Gasteiger partial charge < -0.3 is 10.0 Å². The summed E-state index contributed by atoms with van der Waals surface area (Å²) in [5.41, 5.74) is 0.625. The van der Waals surface area contributed by atoms with Crippen molar-refractivity contribution in [3.8, 4) is 10.8 Å². The SMILES string of the molecule is Cc1nc(-c2ncccn2)sc1C(=O)N1CCC[C@H](C(=O)O)C1. The number of hydrogen-bond acceptors (Lipinski definition) is 6. The van der Waals surface area contributed by atoms with E-state index in [1.165, 1.54) is 11.3 Å². The minimum absolute atomic E-state index is 0.159. The van der Waals surface area contributed by atoms with E-state index in [9.17, 15) is 9.59 Å². The van der Waals surface area contributed by atoms with Crippen LogP contribution >= 0.6 is 11.3 Å². The van der Waals surface area contributed by atoms with Crippen LogP contribution in [-0.2, 0) is 4.79 Å². The first-order valence-electron chi connectivity index (χ1n) is 7.33. The Bertz CT molecular complexity index is 732. The fourth-order valence-electron chi connectivity index (χ4n) is 2.61. The van der Waals surface area contributed by atoms with Gasteiger partial charge in [0.05, 0.1) is 11.6 Å². The lowest BCUT2D eigenvalue weighted by Crippen LogP contribution is -2.42. The molecule has 0 unspecified atom stereocenters. The maximum absolute atomic E-state index is 12.7. The Morgan fingerprint density at radius 1 is 1.35 bits per heavy atom. The number of rotatable bonds is 3. The molecule has 8 heteroatoms. The van der Waals surface area contributed by atoms with Gasteiger partial charge in [-0.1, -0.05) is 0 Å². The molecule has 0 aliphatic carbocycles. The molecule has 1 amide bonds. The summed E-state index contributed by atoms with van der Waals surface area (Å²) in [4.78, 5) is 38.7. The first kappa shape index (κ1) is 15.5. The van der Waals surface area contributed by atoms with Crippen LogP contribution in [0.25, 0.3) is 10.8 Å². The number of amides is 1. The first-order valence-corrected chi connectivity index (χ1v) is 8.15. The smallest absolute Gasteiger partial charge is 0.308 e. The minimum Gasteiger partial charge on any atom is -0.481 e. The number of piperidine rings is 1. The number of likely N-dealkylation sites (tertiary alicyclic amines) is 1. The van der Waals surface area contributed by atoms with Crippen LogP contribution in [0.15, 0.2) is 18.5 Å². The Kier molecular flexibility index (Phi) is 4.33. The molecular weight excluding hydrogens is 316 g/mol. The molecule has 1 aliphatic rings. The van der Waals surface area contributed by atoms with Gasteiger partial charge in [0.25, 0.3) is 5.91 Å². The second-order valence-electron chi connectivity index (χ2n) is 5.43. The summed E-state index contributed by atoms with van der Waals surface area (Å²) >= 11 is 1.25. The number of carbonyl (C=O) groups is 2. The number of aryl methyl sites for hydroxylation is 1. The molecule has 3 heterocycles. The number of carboxylic acids is 1. The van der Waals surface area contributed by atoms with E-state index in [4.69, 9.17) is 5.11 Å². The van der Waals surface area contributed by atoms with E-state index in [2.05, 4.69) is 15.0 Å². The second-order valence-corrected chi connectivity index (χ2v) is 6.43. The summed E-state index contributed by atoms with van der Waals surface area (Å²) < 4.78 is 0. The average Bonchev–Trinajstić information content (AvgIpc) is 2.97. The molecule has 7 nitrogen and oxygen atoms in total. The molecule has 0 spiro atoms. The van der Waals surface area contributed by atoms with Crippen molar-refractivity contribution in [2.24, 2.45) is 5.92 Å². The van der Waals surface area contributed by atoms with Crippen LogP contribution in [-0.4, -0.2) is 49.9 Å². The largest absolute Gasteiger partial charge is 0.481 e. The van der Waals surface area contributed by atoms with E-state index < -0.39 is 11.9 Å². The molecule has 0 saturated carbocycles. The van der Waals surface area contributed by atoms with Gasteiger partial charge >= 0.3 is 5.97 Å². The lowest BCUT2D eigenvalue weighted by molar-refractivity contribution is -0.143. The van der Waals surface area contributed by atoms with Crippen LogP contribution in [0.4, 0.5) is 0 Å². The van der Waals surface area contributed by atoms with Crippen molar-refractivity contribution in [3.63, 3.8) is 0 Å². The fraction of sp³-hybridized carbons (Fsp3) is 0.400. The van der Waals surface area contributed by atoms with Crippen molar-refractivity contribution in [1.29, 1.82) is 0 Å². The van der Waals surface area contributed by atoms with Gasteiger partial charge in [-0.3, -0.25) is 9.59 Å². The number of carbonyl (C=O) groups excluding carboxylic acids is 1. The highest BCUT2D eigenvalue weighted by Gasteiger charge is 2.30. The molecule has 1 atom stereocenters.